The number of rotatable bonds is 13. The van der Waals surface area contributed by atoms with Gasteiger partial charge in [0.25, 0.3) is 0 Å². The first-order chi connectivity index (χ1) is 20.2. The van der Waals surface area contributed by atoms with Crippen LogP contribution in [0.1, 0.15) is 55.4 Å². The van der Waals surface area contributed by atoms with Crippen molar-refractivity contribution in [2.75, 3.05) is 19.8 Å². The molecule has 4 aromatic rings. The minimum absolute atomic E-state index is 0.0204. The lowest BCUT2D eigenvalue weighted by atomic mass is 10.0. The highest BCUT2D eigenvalue weighted by Crippen LogP contribution is 2.34. The Balaban J connectivity index is 1.58. The molecular weight excluding hydrogens is 526 g/mol. The molecule has 1 heterocycles. The fourth-order valence-corrected chi connectivity index (χ4v) is 5.08. The lowest BCUT2D eigenvalue weighted by molar-refractivity contribution is -0.000968. The quantitative estimate of drug-likeness (QED) is 0.173. The lowest BCUT2D eigenvalue weighted by Gasteiger charge is -2.17. The minimum atomic E-state index is -0.768. The molecule has 0 bridgehead atoms. The van der Waals surface area contributed by atoms with E-state index < -0.39 is 6.10 Å². The first-order valence-electron chi connectivity index (χ1n) is 14.8. The highest BCUT2D eigenvalue weighted by molar-refractivity contribution is 5.72. The fraction of sp³-hybridized carbons (Fsp3) is 0.400. The summed E-state index contributed by atoms with van der Waals surface area (Å²) in [6, 6.07) is 17.3. The Morgan fingerprint density at radius 1 is 0.690 bits per heavy atom. The van der Waals surface area contributed by atoms with Crippen molar-refractivity contribution in [1.82, 2.24) is 15.0 Å². The fourth-order valence-electron chi connectivity index (χ4n) is 5.08. The third-order valence-corrected chi connectivity index (χ3v) is 7.47. The van der Waals surface area contributed by atoms with Gasteiger partial charge in [-0.2, -0.15) is 0 Å². The molecule has 0 aliphatic carbocycles. The van der Waals surface area contributed by atoms with E-state index in [2.05, 4.69) is 39.8 Å². The largest absolute Gasteiger partial charge is 0.507 e. The molecule has 222 valence electrons. The van der Waals surface area contributed by atoms with Gasteiger partial charge in [0.2, 0.25) is 0 Å². The molecule has 3 aromatic carbocycles. The number of aliphatic hydroxyl groups is 1. The molecule has 0 aliphatic heterocycles. The Morgan fingerprint density at radius 3 is 1.74 bits per heavy atom. The van der Waals surface area contributed by atoms with Crippen LogP contribution in [0.4, 0.5) is 0 Å². The molecule has 42 heavy (non-hydrogen) atoms. The summed E-state index contributed by atoms with van der Waals surface area (Å²) in [7, 11) is 0. The predicted octanol–water partition coefficient (Wildman–Crippen LogP) is 7.39. The SMILES string of the molecule is CCCC(CC)COCC(O)COc1ccc(-c2nc(-c3ccc(C)cc3C)nc(-c3ccc(C)cc3C)n2)c(O)c1. The Kier molecular flexibility index (Phi) is 10.7. The van der Waals surface area contributed by atoms with Gasteiger partial charge in [-0.15, -0.1) is 0 Å². The minimum Gasteiger partial charge on any atom is -0.507 e. The first kappa shape index (κ1) is 31.1. The van der Waals surface area contributed by atoms with Crippen LogP contribution in [-0.2, 0) is 4.74 Å². The number of aromatic hydroxyl groups is 1. The molecule has 1 aromatic heterocycles. The van der Waals surface area contributed by atoms with E-state index in [1.54, 1.807) is 12.1 Å². The zero-order valence-electron chi connectivity index (χ0n) is 25.6. The zero-order chi connectivity index (χ0) is 30.2. The molecule has 2 N–H and O–H groups in total. The van der Waals surface area contributed by atoms with Crippen LogP contribution in [0.3, 0.4) is 0 Å². The molecule has 2 atom stereocenters. The van der Waals surface area contributed by atoms with Gasteiger partial charge < -0.3 is 19.7 Å². The second-order valence-electron chi connectivity index (χ2n) is 11.2. The van der Waals surface area contributed by atoms with E-state index in [4.69, 9.17) is 24.4 Å². The first-order valence-corrected chi connectivity index (χ1v) is 14.8. The van der Waals surface area contributed by atoms with Gasteiger partial charge in [0.05, 0.1) is 12.2 Å². The van der Waals surface area contributed by atoms with Crippen LogP contribution in [0.2, 0.25) is 0 Å². The maximum absolute atomic E-state index is 11.0. The average molecular weight is 570 g/mol. The maximum atomic E-state index is 11.0. The van der Waals surface area contributed by atoms with Gasteiger partial charge in [-0.25, -0.2) is 15.0 Å². The number of hydrogen-bond acceptors (Lipinski definition) is 7. The second kappa shape index (κ2) is 14.4. The van der Waals surface area contributed by atoms with Gasteiger partial charge in [0.15, 0.2) is 17.5 Å². The number of phenols is 1. The third kappa shape index (κ3) is 7.93. The van der Waals surface area contributed by atoms with Crippen molar-refractivity contribution < 1.29 is 19.7 Å². The van der Waals surface area contributed by atoms with E-state index in [0.717, 1.165) is 52.6 Å². The number of nitrogens with zero attached hydrogens (tertiary/aromatic N) is 3. The lowest BCUT2D eigenvalue weighted by Crippen LogP contribution is -2.25. The Labute approximate surface area is 249 Å². The van der Waals surface area contributed by atoms with Crippen molar-refractivity contribution in [2.24, 2.45) is 5.92 Å². The highest BCUT2D eigenvalue weighted by atomic mass is 16.5. The third-order valence-electron chi connectivity index (χ3n) is 7.47. The number of phenolic OH excluding ortho intramolecular Hbond substituents is 1. The van der Waals surface area contributed by atoms with Crippen molar-refractivity contribution in [3.8, 4) is 45.7 Å². The maximum Gasteiger partial charge on any atom is 0.167 e. The molecule has 2 unspecified atom stereocenters. The second-order valence-corrected chi connectivity index (χ2v) is 11.2. The van der Waals surface area contributed by atoms with E-state index in [-0.39, 0.29) is 19.0 Å². The number of aromatic nitrogens is 3. The van der Waals surface area contributed by atoms with Gasteiger partial charge in [-0.3, -0.25) is 0 Å². The normalized spacial score (nSPS) is 12.7. The Bertz CT molecular complexity index is 1430. The summed E-state index contributed by atoms with van der Waals surface area (Å²) in [5.74, 6) is 2.37. The van der Waals surface area contributed by atoms with Crippen molar-refractivity contribution in [3.05, 3.63) is 76.9 Å². The van der Waals surface area contributed by atoms with Crippen LogP contribution < -0.4 is 4.74 Å². The summed E-state index contributed by atoms with van der Waals surface area (Å²) in [6.45, 7) is 13.4. The van der Waals surface area contributed by atoms with E-state index >= 15 is 0 Å². The van der Waals surface area contributed by atoms with E-state index in [0.29, 0.717) is 41.3 Å². The average Bonchev–Trinajstić information content (AvgIpc) is 2.95. The number of ether oxygens (including phenoxy) is 2. The van der Waals surface area contributed by atoms with Gasteiger partial charge >= 0.3 is 0 Å². The molecule has 7 nitrogen and oxygen atoms in total. The Morgan fingerprint density at radius 2 is 1.24 bits per heavy atom. The van der Waals surface area contributed by atoms with Crippen LogP contribution >= 0.6 is 0 Å². The van der Waals surface area contributed by atoms with Crippen LogP contribution in [0.25, 0.3) is 34.2 Å². The van der Waals surface area contributed by atoms with Crippen molar-refractivity contribution in [2.45, 2.75) is 66.9 Å². The smallest absolute Gasteiger partial charge is 0.167 e. The number of aryl methyl sites for hydroxylation is 4. The van der Waals surface area contributed by atoms with Gasteiger partial charge in [0.1, 0.15) is 24.2 Å². The topological polar surface area (TPSA) is 97.6 Å². The van der Waals surface area contributed by atoms with Gasteiger partial charge in [-0.05, 0) is 63.3 Å². The van der Waals surface area contributed by atoms with Gasteiger partial charge in [0, 0.05) is 23.8 Å². The summed E-state index contributed by atoms with van der Waals surface area (Å²) in [6.07, 6.45) is 2.53. The zero-order valence-corrected chi connectivity index (χ0v) is 25.6. The molecule has 7 heteroatoms. The molecule has 4 rings (SSSR count). The van der Waals surface area contributed by atoms with E-state index in [9.17, 15) is 10.2 Å². The molecule has 0 saturated carbocycles. The summed E-state index contributed by atoms with van der Waals surface area (Å²) < 4.78 is 11.5. The predicted molar refractivity (Wildman–Crippen MR) is 168 cm³/mol. The van der Waals surface area contributed by atoms with Crippen molar-refractivity contribution in [1.29, 1.82) is 0 Å². The van der Waals surface area contributed by atoms with E-state index in [1.165, 1.54) is 6.07 Å². The standard InChI is InChI=1S/C35H43N3O4/c1-7-9-26(8-2)19-41-20-27(39)21-42-28-12-15-31(32(40)18-28)35-37-33(29-13-10-22(3)16-24(29)5)36-34(38-35)30-14-11-23(4)17-25(30)6/h10-18,26-27,39-40H,7-9,19-21H2,1-6H3. The van der Waals surface area contributed by atoms with E-state index in [1.807, 2.05) is 38.1 Å². The molecule has 0 amide bonds. The van der Waals surface area contributed by atoms with Crippen LogP contribution in [0.15, 0.2) is 54.6 Å². The summed E-state index contributed by atoms with van der Waals surface area (Å²) in [5, 5.41) is 21.4. The molecule has 0 fully saturated rings. The number of benzene rings is 3. The summed E-state index contributed by atoms with van der Waals surface area (Å²) in [4.78, 5) is 14.4. The monoisotopic (exact) mass is 569 g/mol. The molecule has 0 aliphatic rings. The molecule has 0 saturated heterocycles. The van der Waals surface area contributed by atoms with Crippen molar-refractivity contribution in [3.63, 3.8) is 0 Å². The van der Waals surface area contributed by atoms with Crippen LogP contribution in [-0.4, -0.2) is 51.1 Å². The van der Waals surface area contributed by atoms with Crippen molar-refractivity contribution >= 4 is 0 Å². The molecule has 0 radical (unpaired) electrons. The van der Waals surface area contributed by atoms with Crippen LogP contribution in [0, 0.1) is 33.6 Å². The van der Waals surface area contributed by atoms with Crippen LogP contribution in [0.5, 0.6) is 11.5 Å². The number of hydrogen-bond donors (Lipinski definition) is 2. The highest BCUT2D eigenvalue weighted by Gasteiger charge is 2.18. The molecule has 0 spiro atoms. The summed E-state index contributed by atoms with van der Waals surface area (Å²) in [5.41, 5.74) is 6.72. The summed E-state index contributed by atoms with van der Waals surface area (Å²) >= 11 is 0. The molecular formula is C35H43N3O4. The number of aliphatic hydroxyl groups excluding tert-OH is 1. The van der Waals surface area contributed by atoms with Gasteiger partial charge in [-0.1, -0.05) is 74.2 Å². The Hall–Kier alpha value is -3.81.